The molecule has 0 spiro atoms. The van der Waals surface area contributed by atoms with Crippen LogP contribution in [0.3, 0.4) is 0 Å². The molecule has 3 heteroatoms. The zero-order valence-electron chi connectivity index (χ0n) is 15.2. The highest BCUT2D eigenvalue weighted by molar-refractivity contribution is 7.50. The summed E-state index contributed by atoms with van der Waals surface area (Å²) in [6.45, 7) is 3.42. The van der Waals surface area contributed by atoms with Gasteiger partial charge in [0.2, 0.25) is 0 Å². The molecule has 0 unspecified atom stereocenters. The van der Waals surface area contributed by atoms with Crippen molar-refractivity contribution in [2.75, 3.05) is 0 Å². The molecule has 0 N–H and O–H groups in total. The number of esters is 1. The third kappa shape index (κ3) is 3.09. The molecule has 4 aromatic rings. The van der Waals surface area contributed by atoms with Crippen molar-refractivity contribution in [2.24, 2.45) is 0 Å². The van der Waals surface area contributed by atoms with Gasteiger partial charge in [-0.2, -0.15) is 0 Å². The molecule has 27 heavy (non-hydrogen) atoms. The number of ether oxygens (including phenoxy) is 1. The van der Waals surface area contributed by atoms with Crippen LogP contribution in [0.1, 0.15) is 24.2 Å². The molecule has 0 atom stereocenters. The van der Waals surface area contributed by atoms with Crippen LogP contribution in [0.25, 0.3) is 25.1 Å². The van der Waals surface area contributed by atoms with E-state index < -0.39 is 11.6 Å². The second kappa shape index (κ2) is 6.57. The van der Waals surface area contributed by atoms with Crippen molar-refractivity contribution < 1.29 is 9.53 Å². The Morgan fingerprint density at radius 3 is 2.11 bits per heavy atom. The molecule has 1 heterocycles. The van der Waals surface area contributed by atoms with Crippen LogP contribution in [-0.2, 0) is 4.74 Å². The van der Waals surface area contributed by atoms with Crippen molar-refractivity contribution in [2.45, 2.75) is 19.4 Å². The first-order valence-corrected chi connectivity index (χ1v) is 9.96. The van der Waals surface area contributed by atoms with Crippen LogP contribution in [0.5, 0.6) is 0 Å². The van der Waals surface area contributed by atoms with Crippen LogP contribution in [0, 0.1) is 12.3 Å². The summed E-state index contributed by atoms with van der Waals surface area (Å²) < 4.78 is 8.03. The first-order valence-electron chi connectivity index (χ1n) is 8.74. The minimum atomic E-state index is -0.929. The van der Waals surface area contributed by atoms with Gasteiger partial charge in [0.15, 0.2) is 19.9 Å². The Labute approximate surface area is 161 Å². The Hall–Kier alpha value is -3.09. The molecule has 1 aromatic heterocycles. The quantitative estimate of drug-likeness (QED) is 0.240. The number of carbonyl (C=O) groups excluding carboxylic acids is 1. The molecule has 4 rings (SSSR count). The molecule has 0 fully saturated rings. The van der Waals surface area contributed by atoms with E-state index >= 15 is 0 Å². The van der Waals surface area contributed by atoms with Gasteiger partial charge in [-0.3, -0.25) is 0 Å². The number of benzene rings is 3. The zero-order chi connectivity index (χ0) is 19.0. The second-order valence-electron chi connectivity index (χ2n) is 6.87. The summed E-state index contributed by atoms with van der Waals surface area (Å²) in [5.74, 6) is 2.10. The van der Waals surface area contributed by atoms with Crippen LogP contribution in [0.2, 0.25) is 0 Å². The number of thiophene rings is 1. The smallest absolute Gasteiger partial charge is 0.339 e. The molecule has 3 aromatic carbocycles. The first-order chi connectivity index (χ1) is 13.0. The van der Waals surface area contributed by atoms with Gasteiger partial charge in [-0.1, -0.05) is 36.3 Å². The average molecular weight is 371 g/mol. The molecule has 0 amide bonds. The van der Waals surface area contributed by atoms with Crippen molar-refractivity contribution in [1.29, 1.82) is 0 Å². The van der Waals surface area contributed by atoms with E-state index in [1.807, 2.05) is 12.1 Å². The van der Waals surface area contributed by atoms with Crippen molar-refractivity contribution in [3.63, 3.8) is 0 Å². The molecule has 0 aliphatic heterocycles. The lowest BCUT2D eigenvalue weighted by molar-refractivity contribution is 0.0205. The van der Waals surface area contributed by atoms with Gasteiger partial charge in [-0.25, -0.2) is 4.79 Å². The lowest BCUT2D eigenvalue weighted by Crippen LogP contribution is -2.25. The summed E-state index contributed by atoms with van der Waals surface area (Å²) in [5, 5.41) is 2.52. The van der Waals surface area contributed by atoms with E-state index in [-0.39, 0.29) is 10.5 Å². The van der Waals surface area contributed by atoms with Crippen LogP contribution in [0.4, 0.5) is 0 Å². The fourth-order valence-electron chi connectivity index (χ4n) is 3.18. The summed E-state index contributed by atoms with van der Waals surface area (Å²) in [6, 6.07) is 24.6. The van der Waals surface area contributed by atoms with Crippen molar-refractivity contribution >= 4 is 36.6 Å². The summed E-state index contributed by atoms with van der Waals surface area (Å²) in [6.07, 6.45) is 5.44. The second-order valence-corrected chi connectivity index (χ2v) is 8.83. The standard InChI is InChI=1S/C24H19O2S/c1-4-24(2,3)26-23(25)17-10-9-11-18(16-17)27-21-14-7-5-12-19(21)20-13-6-8-15-22(20)27/h1,5-16H,2-3H3/q+1. The number of hydrogen-bond acceptors (Lipinski definition) is 2. The topological polar surface area (TPSA) is 26.3 Å². The maximum Gasteiger partial charge on any atom is 0.339 e. The van der Waals surface area contributed by atoms with Gasteiger partial charge in [0, 0.05) is 27.3 Å². The Kier molecular flexibility index (Phi) is 4.22. The van der Waals surface area contributed by atoms with Crippen molar-refractivity contribution in [1.82, 2.24) is 0 Å². The average Bonchev–Trinajstić information content (AvgIpc) is 3.02. The van der Waals surface area contributed by atoms with Crippen LogP contribution in [-0.4, -0.2) is 11.6 Å². The minimum Gasteiger partial charge on any atom is -0.443 e. The van der Waals surface area contributed by atoms with Gasteiger partial charge in [-0.15, -0.1) is 6.42 Å². The first kappa shape index (κ1) is 17.3. The fourth-order valence-corrected chi connectivity index (χ4v) is 5.61. The summed E-state index contributed by atoms with van der Waals surface area (Å²) in [5.41, 5.74) is -0.410. The number of terminal acetylenes is 1. The maximum atomic E-state index is 12.6. The molecular weight excluding hydrogens is 352 g/mol. The highest BCUT2D eigenvalue weighted by Gasteiger charge is 2.25. The third-order valence-electron chi connectivity index (χ3n) is 4.51. The number of hydrogen-bond donors (Lipinski definition) is 0. The Morgan fingerprint density at radius 1 is 0.926 bits per heavy atom. The van der Waals surface area contributed by atoms with Gasteiger partial charge in [-0.05, 0) is 50.2 Å². The molecule has 0 aliphatic rings. The molecular formula is C24H19O2S+. The van der Waals surface area contributed by atoms with Gasteiger partial charge in [0.25, 0.3) is 0 Å². The monoisotopic (exact) mass is 371 g/mol. The van der Waals surface area contributed by atoms with Crippen LogP contribution in [0.15, 0.2) is 72.8 Å². The van der Waals surface area contributed by atoms with Gasteiger partial charge >= 0.3 is 5.97 Å². The van der Waals surface area contributed by atoms with Crippen LogP contribution < -0.4 is 0 Å². The number of carbonyl (C=O) groups is 1. The fraction of sp³-hybridized carbons (Fsp3) is 0.125. The van der Waals surface area contributed by atoms with Crippen molar-refractivity contribution in [3.05, 3.63) is 78.4 Å². The largest absolute Gasteiger partial charge is 0.443 e. The SMILES string of the molecule is C#CC(C)(C)OC(=O)c1cccc(-[s+]2c3ccccc3c3ccccc32)c1. The van der Waals surface area contributed by atoms with E-state index in [0.29, 0.717) is 5.56 Å². The Balaban J connectivity index is 1.88. The predicted octanol–water partition coefficient (Wildman–Crippen LogP) is 6.30. The predicted molar refractivity (Wildman–Crippen MR) is 114 cm³/mol. The van der Waals surface area contributed by atoms with E-state index in [1.165, 1.54) is 20.2 Å². The molecule has 132 valence electrons. The summed E-state index contributed by atoms with van der Waals surface area (Å²) >= 11 is 0. The highest BCUT2D eigenvalue weighted by atomic mass is 32.2. The number of rotatable bonds is 3. The number of fused-ring (bicyclic) bond motifs is 3. The molecule has 2 nitrogen and oxygen atoms in total. The summed E-state index contributed by atoms with van der Waals surface area (Å²) in [4.78, 5) is 13.7. The summed E-state index contributed by atoms with van der Waals surface area (Å²) in [7, 11) is -0.240. The van der Waals surface area contributed by atoms with Gasteiger partial charge in [0.1, 0.15) is 0 Å². The highest BCUT2D eigenvalue weighted by Crippen LogP contribution is 2.48. The normalized spacial score (nSPS) is 11.4. The van der Waals surface area contributed by atoms with Crippen molar-refractivity contribution in [3.8, 4) is 17.2 Å². The lowest BCUT2D eigenvalue weighted by atomic mass is 10.1. The van der Waals surface area contributed by atoms with E-state index in [9.17, 15) is 4.79 Å². The minimum absolute atomic E-state index is 0.240. The molecule has 0 radical (unpaired) electrons. The molecule has 0 aliphatic carbocycles. The third-order valence-corrected chi connectivity index (χ3v) is 6.82. The lowest BCUT2D eigenvalue weighted by Gasteiger charge is -2.18. The maximum absolute atomic E-state index is 12.6. The zero-order valence-corrected chi connectivity index (χ0v) is 16.0. The Morgan fingerprint density at radius 2 is 1.52 bits per heavy atom. The molecule has 0 saturated heterocycles. The van der Waals surface area contributed by atoms with Gasteiger partial charge < -0.3 is 4.74 Å². The van der Waals surface area contributed by atoms with Gasteiger partial charge in [0.05, 0.1) is 5.56 Å². The van der Waals surface area contributed by atoms with Crippen LogP contribution >= 0.6 is 10.5 Å². The van der Waals surface area contributed by atoms with E-state index in [0.717, 1.165) is 4.90 Å². The molecule has 0 saturated carbocycles. The van der Waals surface area contributed by atoms with E-state index in [1.54, 1.807) is 19.9 Å². The van der Waals surface area contributed by atoms with E-state index in [2.05, 4.69) is 60.5 Å². The van der Waals surface area contributed by atoms with E-state index in [4.69, 9.17) is 11.2 Å². The molecule has 0 bridgehead atoms. The Bertz CT molecular complexity index is 1150.